The number of hydrogen-bond donors (Lipinski definition) is 0. The minimum absolute atomic E-state index is 0.150. The zero-order valence-electron chi connectivity index (χ0n) is 11.8. The molecular formula is C17H16FNO2. The van der Waals surface area contributed by atoms with Crippen molar-refractivity contribution in [2.24, 2.45) is 0 Å². The highest BCUT2D eigenvalue weighted by atomic mass is 19.1. The van der Waals surface area contributed by atoms with E-state index < -0.39 is 5.82 Å². The molecule has 0 saturated heterocycles. The van der Waals surface area contributed by atoms with Crippen LogP contribution in [0.1, 0.15) is 22.8 Å². The van der Waals surface area contributed by atoms with Crippen LogP contribution in [0.5, 0.6) is 5.75 Å². The second-order valence-electron chi connectivity index (χ2n) is 5.07. The lowest BCUT2D eigenvalue weighted by Crippen LogP contribution is -2.27. The van der Waals surface area contributed by atoms with Gasteiger partial charge in [0.2, 0.25) is 0 Å². The van der Waals surface area contributed by atoms with Gasteiger partial charge in [0.05, 0.1) is 17.8 Å². The lowest BCUT2D eigenvalue weighted by Gasteiger charge is -2.24. The van der Waals surface area contributed by atoms with E-state index in [1.54, 1.807) is 12.1 Å². The maximum atomic E-state index is 14.0. The molecule has 0 aliphatic carbocycles. The summed E-state index contributed by atoms with van der Waals surface area (Å²) in [5, 5.41) is 0. The van der Waals surface area contributed by atoms with Crippen LogP contribution in [0.4, 0.5) is 10.1 Å². The largest absolute Gasteiger partial charge is 0.491 e. The quantitative estimate of drug-likeness (QED) is 0.792. The summed E-state index contributed by atoms with van der Waals surface area (Å²) in [6.45, 7) is 3.10. The number of ketones is 1. The van der Waals surface area contributed by atoms with Gasteiger partial charge in [0.25, 0.3) is 0 Å². The minimum atomic E-state index is -0.474. The number of fused-ring (bicyclic) bond motifs is 1. The van der Waals surface area contributed by atoms with Gasteiger partial charge in [-0.2, -0.15) is 0 Å². The molecular weight excluding hydrogens is 269 g/mol. The molecule has 4 heteroatoms. The maximum Gasteiger partial charge on any atom is 0.164 e. The van der Waals surface area contributed by atoms with Crippen molar-refractivity contribution in [3.63, 3.8) is 0 Å². The highest BCUT2D eigenvalue weighted by molar-refractivity contribution is 6.00. The van der Waals surface area contributed by atoms with Gasteiger partial charge in [0.15, 0.2) is 5.78 Å². The Morgan fingerprint density at radius 1 is 1.19 bits per heavy atom. The monoisotopic (exact) mass is 285 g/mol. The predicted octanol–water partition coefficient (Wildman–Crippen LogP) is 3.43. The highest BCUT2D eigenvalue weighted by Crippen LogP contribution is 2.29. The van der Waals surface area contributed by atoms with E-state index in [2.05, 4.69) is 0 Å². The Labute approximate surface area is 123 Å². The molecule has 0 aromatic heterocycles. The van der Waals surface area contributed by atoms with Crippen LogP contribution in [0.25, 0.3) is 0 Å². The lowest BCUT2D eigenvalue weighted by atomic mass is 10.1. The van der Waals surface area contributed by atoms with Gasteiger partial charge in [-0.3, -0.25) is 4.79 Å². The summed E-state index contributed by atoms with van der Waals surface area (Å²) in [5.41, 5.74) is 1.81. The minimum Gasteiger partial charge on any atom is -0.491 e. The molecule has 108 valence electrons. The summed E-state index contributed by atoms with van der Waals surface area (Å²) in [7, 11) is 0. The van der Waals surface area contributed by atoms with E-state index in [0.717, 1.165) is 11.3 Å². The number of rotatable bonds is 2. The average molecular weight is 285 g/mol. The van der Waals surface area contributed by atoms with Crippen molar-refractivity contribution < 1.29 is 13.9 Å². The summed E-state index contributed by atoms with van der Waals surface area (Å²) in [5.74, 6) is 0.112. The van der Waals surface area contributed by atoms with Gasteiger partial charge < -0.3 is 9.64 Å². The van der Waals surface area contributed by atoms with Gasteiger partial charge >= 0.3 is 0 Å². The first-order chi connectivity index (χ1) is 10.2. The van der Waals surface area contributed by atoms with Crippen LogP contribution in [-0.2, 0) is 6.54 Å². The van der Waals surface area contributed by atoms with Crippen molar-refractivity contribution in [1.82, 2.24) is 0 Å². The number of anilines is 1. The second-order valence-corrected chi connectivity index (χ2v) is 5.07. The Morgan fingerprint density at radius 2 is 2.00 bits per heavy atom. The average Bonchev–Trinajstić information content (AvgIpc) is 2.68. The molecule has 3 nitrogen and oxygen atoms in total. The number of benzene rings is 2. The van der Waals surface area contributed by atoms with Crippen LogP contribution in [0, 0.1) is 5.82 Å². The first-order valence-electron chi connectivity index (χ1n) is 6.92. The van der Waals surface area contributed by atoms with E-state index in [9.17, 15) is 9.18 Å². The molecule has 0 amide bonds. The molecule has 0 bridgehead atoms. The SMILES string of the molecule is CC(=O)c1c(F)cccc1N1CCOc2ccccc2C1. The standard InChI is InChI=1S/C17H16FNO2/c1-12(20)17-14(18)6-4-7-15(17)19-9-10-21-16-8-3-2-5-13(16)11-19/h2-8H,9-11H2,1H3. The van der Waals surface area contributed by atoms with Crippen molar-refractivity contribution in [1.29, 1.82) is 0 Å². The van der Waals surface area contributed by atoms with E-state index in [1.165, 1.54) is 13.0 Å². The first kappa shape index (κ1) is 13.6. The number of carbonyl (C=O) groups excluding carboxylic acids is 1. The van der Waals surface area contributed by atoms with Crippen LogP contribution >= 0.6 is 0 Å². The second kappa shape index (κ2) is 5.56. The van der Waals surface area contributed by atoms with Crippen LogP contribution in [0.15, 0.2) is 42.5 Å². The van der Waals surface area contributed by atoms with E-state index in [0.29, 0.717) is 25.4 Å². The Morgan fingerprint density at radius 3 is 2.81 bits per heavy atom. The predicted molar refractivity (Wildman–Crippen MR) is 79.4 cm³/mol. The van der Waals surface area contributed by atoms with Crippen LogP contribution in [0.3, 0.4) is 0 Å². The fourth-order valence-electron chi connectivity index (χ4n) is 2.66. The van der Waals surface area contributed by atoms with Crippen molar-refractivity contribution in [3.8, 4) is 5.75 Å². The number of nitrogens with zero attached hydrogens (tertiary/aromatic N) is 1. The molecule has 21 heavy (non-hydrogen) atoms. The number of halogens is 1. The molecule has 2 aromatic rings. The van der Waals surface area contributed by atoms with Crippen LogP contribution in [0.2, 0.25) is 0 Å². The van der Waals surface area contributed by atoms with Gasteiger partial charge in [-0.05, 0) is 25.1 Å². The molecule has 0 saturated carbocycles. The number of ether oxygens (including phenoxy) is 1. The molecule has 2 aromatic carbocycles. The first-order valence-corrected chi connectivity index (χ1v) is 6.92. The van der Waals surface area contributed by atoms with Gasteiger partial charge in [-0.15, -0.1) is 0 Å². The fourth-order valence-corrected chi connectivity index (χ4v) is 2.66. The van der Waals surface area contributed by atoms with Crippen molar-refractivity contribution in [2.45, 2.75) is 13.5 Å². The molecule has 3 rings (SSSR count). The maximum absolute atomic E-state index is 14.0. The summed E-state index contributed by atoms with van der Waals surface area (Å²) >= 11 is 0. The number of Topliss-reactive ketones (excluding diaryl/α,β-unsaturated/α-hetero) is 1. The van der Waals surface area contributed by atoms with Gasteiger partial charge in [-0.25, -0.2) is 4.39 Å². The van der Waals surface area contributed by atoms with Crippen molar-refractivity contribution >= 4 is 11.5 Å². The van der Waals surface area contributed by atoms with E-state index in [4.69, 9.17) is 4.74 Å². The summed E-state index contributed by atoms with van der Waals surface area (Å²) in [6, 6.07) is 12.5. The third-order valence-electron chi connectivity index (χ3n) is 3.64. The molecule has 1 aliphatic rings. The zero-order chi connectivity index (χ0) is 14.8. The summed E-state index contributed by atoms with van der Waals surface area (Å²) < 4.78 is 19.7. The Bertz CT molecular complexity index is 684. The lowest BCUT2D eigenvalue weighted by molar-refractivity contribution is 0.101. The van der Waals surface area contributed by atoms with E-state index >= 15 is 0 Å². The van der Waals surface area contributed by atoms with E-state index in [1.807, 2.05) is 29.2 Å². The molecule has 0 unspecified atom stereocenters. The normalized spacial score (nSPS) is 14.1. The number of carbonyl (C=O) groups is 1. The van der Waals surface area contributed by atoms with Crippen LogP contribution in [-0.4, -0.2) is 18.9 Å². The zero-order valence-corrected chi connectivity index (χ0v) is 11.8. The van der Waals surface area contributed by atoms with Crippen molar-refractivity contribution in [3.05, 3.63) is 59.4 Å². The third kappa shape index (κ3) is 2.61. The van der Waals surface area contributed by atoms with Gasteiger partial charge in [0.1, 0.15) is 18.2 Å². The van der Waals surface area contributed by atoms with Gasteiger partial charge in [0, 0.05) is 12.1 Å². The summed E-state index contributed by atoms with van der Waals surface area (Å²) in [6.07, 6.45) is 0. The van der Waals surface area contributed by atoms with Gasteiger partial charge in [-0.1, -0.05) is 24.3 Å². The Kier molecular flexibility index (Phi) is 3.60. The van der Waals surface area contributed by atoms with Crippen LogP contribution < -0.4 is 9.64 Å². The Balaban J connectivity index is 2.02. The fraction of sp³-hybridized carbons (Fsp3) is 0.235. The molecule has 1 aliphatic heterocycles. The van der Waals surface area contributed by atoms with Crippen molar-refractivity contribution in [2.75, 3.05) is 18.1 Å². The highest BCUT2D eigenvalue weighted by Gasteiger charge is 2.21. The topological polar surface area (TPSA) is 29.5 Å². The molecule has 0 fully saturated rings. The smallest absolute Gasteiger partial charge is 0.164 e. The molecule has 0 atom stereocenters. The number of hydrogen-bond acceptors (Lipinski definition) is 3. The number of para-hydroxylation sites is 1. The molecule has 1 heterocycles. The molecule has 0 radical (unpaired) electrons. The van der Waals surface area contributed by atoms with E-state index in [-0.39, 0.29) is 11.3 Å². The molecule has 0 spiro atoms. The summed E-state index contributed by atoms with van der Waals surface area (Å²) in [4.78, 5) is 13.8. The molecule has 0 N–H and O–H groups in total. The Hall–Kier alpha value is -2.36. The third-order valence-corrected chi connectivity index (χ3v) is 3.64.